The van der Waals surface area contributed by atoms with E-state index in [4.69, 9.17) is 4.74 Å². The van der Waals surface area contributed by atoms with Crippen molar-refractivity contribution in [3.8, 4) is 0 Å². The molecule has 0 amide bonds. The van der Waals surface area contributed by atoms with Gasteiger partial charge in [-0.2, -0.15) is 0 Å². The Morgan fingerprint density at radius 2 is 2.56 bits per heavy atom. The third-order valence-corrected chi connectivity index (χ3v) is 1.56. The van der Waals surface area contributed by atoms with E-state index >= 15 is 0 Å². The van der Waals surface area contributed by atoms with Crippen LogP contribution in [-0.2, 0) is 4.74 Å². The van der Waals surface area contributed by atoms with Crippen molar-refractivity contribution in [2.75, 3.05) is 6.61 Å². The highest BCUT2D eigenvalue weighted by Crippen LogP contribution is 2.11. The molecule has 0 fully saturated rings. The SMILES string of the molecule is CC=C1C=CCOC1C. The van der Waals surface area contributed by atoms with Crippen molar-refractivity contribution in [1.29, 1.82) is 0 Å². The van der Waals surface area contributed by atoms with Crippen LogP contribution in [0.25, 0.3) is 0 Å². The first kappa shape index (κ1) is 6.56. The lowest BCUT2D eigenvalue weighted by molar-refractivity contribution is 0.110. The molecule has 1 heterocycles. The van der Waals surface area contributed by atoms with Crippen LogP contribution in [0.1, 0.15) is 13.8 Å². The fraction of sp³-hybridized carbons (Fsp3) is 0.500. The van der Waals surface area contributed by atoms with E-state index in [0.29, 0.717) is 6.10 Å². The Kier molecular flexibility index (Phi) is 2.06. The summed E-state index contributed by atoms with van der Waals surface area (Å²) < 4.78 is 5.33. The number of hydrogen-bond acceptors (Lipinski definition) is 1. The molecule has 1 rings (SSSR count). The average molecular weight is 124 g/mol. The van der Waals surface area contributed by atoms with Crippen LogP contribution in [-0.4, -0.2) is 12.7 Å². The van der Waals surface area contributed by atoms with Crippen molar-refractivity contribution >= 4 is 0 Å². The maximum absolute atomic E-state index is 5.33. The highest BCUT2D eigenvalue weighted by atomic mass is 16.5. The molecule has 0 aromatic carbocycles. The lowest BCUT2D eigenvalue weighted by atomic mass is 10.1. The topological polar surface area (TPSA) is 9.23 Å². The molecule has 50 valence electrons. The van der Waals surface area contributed by atoms with Crippen LogP contribution in [0.5, 0.6) is 0 Å². The van der Waals surface area contributed by atoms with Crippen LogP contribution >= 0.6 is 0 Å². The normalized spacial score (nSPS) is 31.3. The summed E-state index contributed by atoms with van der Waals surface area (Å²) in [5.74, 6) is 0. The quantitative estimate of drug-likeness (QED) is 0.479. The minimum absolute atomic E-state index is 0.292. The lowest BCUT2D eigenvalue weighted by Gasteiger charge is -2.16. The standard InChI is InChI=1S/C8H12O/c1-3-8-5-4-6-9-7(8)2/h3-5,7H,6H2,1-2H3. The van der Waals surface area contributed by atoms with Gasteiger partial charge in [0.05, 0.1) is 12.7 Å². The van der Waals surface area contributed by atoms with E-state index in [-0.39, 0.29) is 0 Å². The highest BCUT2D eigenvalue weighted by molar-refractivity contribution is 5.23. The largest absolute Gasteiger partial charge is 0.370 e. The maximum atomic E-state index is 5.33. The van der Waals surface area contributed by atoms with E-state index in [1.807, 2.05) is 13.0 Å². The molecule has 1 aliphatic rings. The van der Waals surface area contributed by atoms with Crippen LogP contribution in [0.2, 0.25) is 0 Å². The molecular formula is C8H12O. The number of allylic oxidation sites excluding steroid dienone is 1. The minimum atomic E-state index is 0.292. The molecule has 0 N–H and O–H groups in total. The van der Waals surface area contributed by atoms with Gasteiger partial charge in [0, 0.05) is 0 Å². The molecule has 1 heteroatoms. The molecule has 0 aromatic rings. The zero-order valence-corrected chi connectivity index (χ0v) is 5.92. The fourth-order valence-electron chi connectivity index (χ4n) is 0.947. The number of ether oxygens (including phenoxy) is 1. The third kappa shape index (κ3) is 1.42. The van der Waals surface area contributed by atoms with E-state index in [1.165, 1.54) is 5.57 Å². The molecule has 1 unspecified atom stereocenters. The Balaban J connectivity index is 2.68. The second-order valence-corrected chi connectivity index (χ2v) is 2.17. The van der Waals surface area contributed by atoms with Crippen LogP contribution in [0.3, 0.4) is 0 Å². The Hall–Kier alpha value is -0.560. The summed E-state index contributed by atoms with van der Waals surface area (Å²) in [5.41, 5.74) is 1.28. The van der Waals surface area contributed by atoms with Gasteiger partial charge in [-0.1, -0.05) is 18.2 Å². The number of hydrogen-bond donors (Lipinski definition) is 0. The maximum Gasteiger partial charge on any atom is 0.0797 e. The van der Waals surface area contributed by atoms with Gasteiger partial charge in [0.2, 0.25) is 0 Å². The molecule has 0 saturated heterocycles. The molecule has 0 radical (unpaired) electrons. The smallest absolute Gasteiger partial charge is 0.0797 e. The first-order chi connectivity index (χ1) is 4.34. The molecule has 0 saturated carbocycles. The van der Waals surface area contributed by atoms with Crippen molar-refractivity contribution in [2.24, 2.45) is 0 Å². The summed E-state index contributed by atoms with van der Waals surface area (Å²) in [4.78, 5) is 0. The van der Waals surface area contributed by atoms with E-state index in [2.05, 4.69) is 19.1 Å². The van der Waals surface area contributed by atoms with Gasteiger partial charge >= 0.3 is 0 Å². The Labute approximate surface area is 56.0 Å². The fourth-order valence-corrected chi connectivity index (χ4v) is 0.947. The summed E-state index contributed by atoms with van der Waals surface area (Å²) in [6, 6.07) is 0. The van der Waals surface area contributed by atoms with E-state index in [1.54, 1.807) is 0 Å². The summed E-state index contributed by atoms with van der Waals surface area (Å²) in [7, 11) is 0. The van der Waals surface area contributed by atoms with Gasteiger partial charge in [0.15, 0.2) is 0 Å². The molecular weight excluding hydrogens is 112 g/mol. The minimum Gasteiger partial charge on any atom is -0.370 e. The predicted molar refractivity (Wildman–Crippen MR) is 38.3 cm³/mol. The molecule has 0 aromatic heterocycles. The second-order valence-electron chi connectivity index (χ2n) is 2.17. The zero-order valence-electron chi connectivity index (χ0n) is 5.92. The average Bonchev–Trinajstić information content (AvgIpc) is 1.89. The van der Waals surface area contributed by atoms with Crippen LogP contribution in [0.4, 0.5) is 0 Å². The number of rotatable bonds is 0. The molecule has 0 aliphatic carbocycles. The van der Waals surface area contributed by atoms with E-state index in [0.717, 1.165) is 6.61 Å². The molecule has 1 aliphatic heterocycles. The van der Waals surface area contributed by atoms with Crippen molar-refractivity contribution in [2.45, 2.75) is 20.0 Å². The van der Waals surface area contributed by atoms with E-state index in [9.17, 15) is 0 Å². The van der Waals surface area contributed by atoms with Gasteiger partial charge in [-0.05, 0) is 19.4 Å². The summed E-state index contributed by atoms with van der Waals surface area (Å²) in [5, 5.41) is 0. The molecule has 0 spiro atoms. The molecule has 1 atom stereocenters. The molecule has 9 heavy (non-hydrogen) atoms. The third-order valence-electron chi connectivity index (χ3n) is 1.56. The molecule has 1 nitrogen and oxygen atoms in total. The van der Waals surface area contributed by atoms with Crippen molar-refractivity contribution in [3.63, 3.8) is 0 Å². The van der Waals surface area contributed by atoms with Gasteiger partial charge < -0.3 is 4.74 Å². The van der Waals surface area contributed by atoms with Crippen LogP contribution in [0, 0.1) is 0 Å². The zero-order chi connectivity index (χ0) is 6.69. The summed E-state index contributed by atoms with van der Waals surface area (Å²) in [6.45, 7) is 4.86. The van der Waals surface area contributed by atoms with Gasteiger partial charge in [0.25, 0.3) is 0 Å². The monoisotopic (exact) mass is 124 g/mol. The van der Waals surface area contributed by atoms with Gasteiger partial charge in [-0.15, -0.1) is 0 Å². The Bertz CT molecular complexity index is 142. The molecule has 0 bridgehead atoms. The van der Waals surface area contributed by atoms with Crippen molar-refractivity contribution in [3.05, 3.63) is 23.8 Å². The van der Waals surface area contributed by atoms with Gasteiger partial charge in [0.1, 0.15) is 0 Å². The van der Waals surface area contributed by atoms with Crippen LogP contribution < -0.4 is 0 Å². The Morgan fingerprint density at radius 3 is 3.00 bits per heavy atom. The second kappa shape index (κ2) is 2.83. The first-order valence-corrected chi connectivity index (χ1v) is 3.29. The van der Waals surface area contributed by atoms with Crippen LogP contribution in [0.15, 0.2) is 23.8 Å². The summed E-state index contributed by atoms with van der Waals surface area (Å²) in [6.07, 6.45) is 6.53. The lowest BCUT2D eigenvalue weighted by Crippen LogP contribution is -2.13. The Morgan fingerprint density at radius 1 is 1.78 bits per heavy atom. The van der Waals surface area contributed by atoms with Gasteiger partial charge in [-0.25, -0.2) is 0 Å². The van der Waals surface area contributed by atoms with E-state index < -0.39 is 0 Å². The summed E-state index contributed by atoms with van der Waals surface area (Å²) >= 11 is 0. The van der Waals surface area contributed by atoms with Crippen molar-refractivity contribution < 1.29 is 4.74 Å². The highest BCUT2D eigenvalue weighted by Gasteiger charge is 2.07. The van der Waals surface area contributed by atoms with Crippen molar-refractivity contribution in [1.82, 2.24) is 0 Å². The first-order valence-electron chi connectivity index (χ1n) is 3.29. The predicted octanol–water partition coefficient (Wildman–Crippen LogP) is 1.91. The van der Waals surface area contributed by atoms with Gasteiger partial charge in [-0.3, -0.25) is 0 Å².